The Kier molecular flexibility index (Phi) is 4.44. The Labute approximate surface area is 124 Å². The normalized spacial score (nSPS) is 11.9. The number of aromatic nitrogens is 2. The van der Waals surface area contributed by atoms with E-state index in [2.05, 4.69) is 25.8 Å². The maximum Gasteiger partial charge on any atom is 0.250 e. The molecule has 2 aromatic rings. The topological polar surface area (TPSA) is 64.0 Å². The third kappa shape index (κ3) is 3.44. The van der Waals surface area contributed by atoms with Crippen molar-refractivity contribution in [3.63, 3.8) is 0 Å². The van der Waals surface area contributed by atoms with Crippen LogP contribution in [0.4, 0.5) is 0 Å². The average Bonchev–Trinajstić information content (AvgIpc) is 2.93. The molecule has 0 radical (unpaired) electrons. The van der Waals surface area contributed by atoms with Crippen molar-refractivity contribution in [2.24, 2.45) is 7.05 Å². The van der Waals surface area contributed by atoms with Crippen LogP contribution in [0.3, 0.4) is 0 Å². The van der Waals surface area contributed by atoms with Gasteiger partial charge < -0.3 is 0 Å². The van der Waals surface area contributed by atoms with Crippen molar-refractivity contribution in [3.05, 3.63) is 33.4 Å². The molecule has 0 fully saturated rings. The van der Waals surface area contributed by atoms with Gasteiger partial charge in [0.2, 0.25) is 10.0 Å². The Balaban J connectivity index is 2.13. The van der Waals surface area contributed by atoms with Gasteiger partial charge in [0, 0.05) is 25.4 Å². The van der Waals surface area contributed by atoms with Gasteiger partial charge >= 0.3 is 0 Å². The first-order valence-corrected chi connectivity index (χ1v) is 8.78. The van der Waals surface area contributed by atoms with E-state index in [9.17, 15) is 8.42 Å². The van der Waals surface area contributed by atoms with Crippen molar-refractivity contribution in [1.29, 1.82) is 0 Å². The SMILES string of the molecule is CCc1nn(C)cc1CNS(=O)(=O)c1ccc(Br)s1. The maximum atomic E-state index is 12.1. The summed E-state index contributed by atoms with van der Waals surface area (Å²) in [5, 5.41) is 4.28. The molecule has 1 N–H and O–H groups in total. The molecule has 2 aromatic heterocycles. The summed E-state index contributed by atoms with van der Waals surface area (Å²) in [6, 6.07) is 3.31. The van der Waals surface area contributed by atoms with E-state index in [0.717, 1.165) is 21.5 Å². The largest absolute Gasteiger partial charge is 0.275 e. The minimum atomic E-state index is -3.45. The number of thiophene rings is 1. The van der Waals surface area contributed by atoms with Gasteiger partial charge in [-0.25, -0.2) is 13.1 Å². The Hall–Kier alpha value is -0.700. The second-order valence-corrected chi connectivity index (χ2v) is 8.47. The fourth-order valence-electron chi connectivity index (χ4n) is 1.71. The van der Waals surface area contributed by atoms with Gasteiger partial charge in [-0.3, -0.25) is 4.68 Å². The molecule has 0 aliphatic rings. The van der Waals surface area contributed by atoms with Gasteiger partial charge in [-0.05, 0) is 34.5 Å². The van der Waals surface area contributed by atoms with Crippen molar-refractivity contribution in [2.75, 3.05) is 0 Å². The minimum Gasteiger partial charge on any atom is -0.275 e. The molecule has 0 saturated carbocycles. The van der Waals surface area contributed by atoms with E-state index in [1.54, 1.807) is 16.8 Å². The van der Waals surface area contributed by atoms with E-state index in [-0.39, 0.29) is 6.54 Å². The third-order valence-corrected chi connectivity index (χ3v) is 6.11. The van der Waals surface area contributed by atoms with Crippen LogP contribution < -0.4 is 4.72 Å². The number of hydrogen-bond acceptors (Lipinski definition) is 4. The first-order valence-electron chi connectivity index (χ1n) is 5.68. The minimum absolute atomic E-state index is 0.259. The highest BCUT2D eigenvalue weighted by molar-refractivity contribution is 9.11. The lowest BCUT2D eigenvalue weighted by Gasteiger charge is -2.04. The molecule has 0 unspecified atom stereocenters. The molecule has 19 heavy (non-hydrogen) atoms. The van der Waals surface area contributed by atoms with Crippen LogP contribution in [0, 0.1) is 0 Å². The lowest BCUT2D eigenvalue weighted by molar-refractivity contribution is 0.583. The molecule has 0 saturated heterocycles. The molecule has 5 nitrogen and oxygen atoms in total. The van der Waals surface area contributed by atoms with Crippen LogP contribution in [0.5, 0.6) is 0 Å². The highest BCUT2D eigenvalue weighted by Crippen LogP contribution is 2.26. The molecule has 0 aromatic carbocycles. The molecule has 0 aliphatic carbocycles. The summed E-state index contributed by atoms with van der Waals surface area (Å²) in [4.78, 5) is 0. The second kappa shape index (κ2) is 5.74. The van der Waals surface area contributed by atoms with Gasteiger partial charge in [0.15, 0.2) is 0 Å². The molecule has 0 bridgehead atoms. The van der Waals surface area contributed by atoms with Crippen molar-refractivity contribution in [1.82, 2.24) is 14.5 Å². The molecule has 104 valence electrons. The summed E-state index contributed by atoms with van der Waals surface area (Å²) in [6.45, 7) is 2.26. The third-order valence-electron chi connectivity index (χ3n) is 2.59. The van der Waals surface area contributed by atoms with Crippen LogP contribution in [0.1, 0.15) is 18.2 Å². The van der Waals surface area contributed by atoms with Crippen LogP contribution in [0.25, 0.3) is 0 Å². The number of halogens is 1. The average molecular weight is 364 g/mol. The zero-order chi connectivity index (χ0) is 14.0. The van der Waals surface area contributed by atoms with Crippen molar-refractivity contribution in [3.8, 4) is 0 Å². The van der Waals surface area contributed by atoms with E-state index in [1.165, 1.54) is 11.3 Å². The summed E-state index contributed by atoms with van der Waals surface area (Å²) >= 11 is 4.45. The van der Waals surface area contributed by atoms with Crippen molar-refractivity contribution in [2.45, 2.75) is 24.1 Å². The Morgan fingerprint density at radius 2 is 2.21 bits per heavy atom. The van der Waals surface area contributed by atoms with E-state index >= 15 is 0 Å². The fourth-order valence-corrected chi connectivity index (χ4v) is 4.78. The van der Waals surface area contributed by atoms with Gasteiger partial charge in [-0.1, -0.05) is 6.92 Å². The quantitative estimate of drug-likeness (QED) is 0.886. The number of hydrogen-bond donors (Lipinski definition) is 1. The van der Waals surface area contributed by atoms with Gasteiger partial charge in [-0.2, -0.15) is 5.10 Å². The zero-order valence-electron chi connectivity index (χ0n) is 10.6. The summed E-state index contributed by atoms with van der Waals surface area (Å²) in [7, 11) is -1.62. The number of nitrogens with one attached hydrogen (secondary N) is 1. The molecule has 2 heterocycles. The molecule has 0 aliphatic heterocycles. The van der Waals surface area contributed by atoms with Crippen LogP contribution >= 0.6 is 27.3 Å². The number of aryl methyl sites for hydroxylation is 2. The number of rotatable bonds is 5. The molecular weight excluding hydrogens is 350 g/mol. The molecule has 0 atom stereocenters. The lowest BCUT2D eigenvalue weighted by Crippen LogP contribution is -2.22. The fraction of sp³-hybridized carbons (Fsp3) is 0.364. The lowest BCUT2D eigenvalue weighted by atomic mass is 10.2. The molecular formula is C11H14BrN3O2S2. The summed E-state index contributed by atoms with van der Waals surface area (Å²) in [6.07, 6.45) is 2.62. The van der Waals surface area contributed by atoms with E-state index < -0.39 is 10.0 Å². The maximum absolute atomic E-state index is 12.1. The summed E-state index contributed by atoms with van der Waals surface area (Å²) < 4.78 is 29.6. The van der Waals surface area contributed by atoms with Gasteiger partial charge in [0.05, 0.1) is 9.48 Å². The van der Waals surface area contributed by atoms with Gasteiger partial charge in [0.1, 0.15) is 4.21 Å². The van der Waals surface area contributed by atoms with Crippen molar-refractivity contribution >= 4 is 37.3 Å². The molecule has 0 amide bonds. The Morgan fingerprint density at radius 1 is 1.47 bits per heavy atom. The summed E-state index contributed by atoms with van der Waals surface area (Å²) in [5.74, 6) is 0. The predicted molar refractivity (Wildman–Crippen MR) is 78.6 cm³/mol. The standard InChI is InChI=1S/C11H14BrN3O2S2/c1-3-9-8(7-15(2)14-9)6-13-19(16,17)11-5-4-10(12)18-11/h4-5,7,13H,3,6H2,1-2H3. The molecule has 8 heteroatoms. The van der Waals surface area contributed by atoms with Crippen LogP contribution in [0.2, 0.25) is 0 Å². The molecule has 0 spiro atoms. The van der Waals surface area contributed by atoms with E-state index in [0.29, 0.717) is 4.21 Å². The Morgan fingerprint density at radius 3 is 2.79 bits per heavy atom. The van der Waals surface area contributed by atoms with Crippen LogP contribution in [0.15, 0.2) is 26.3 Å². The van der Waals surface area contributed by atoms with E-state index in [4.69, 9.17) is 0 Å². The van der Waals surface area contributed by atoms with Crippen LogP contribution in [-0.2, 0) is 30.0 Å². The van der Waals surface area contributed by atoms with E-state index in [1.807, 2.05) is 20.2 Å². The second-order valence-electron chi connectivity index (χ2n) is 4.01. The first kappa shape index (κ1) is 14.7. The zero-order valence-corrected chi connectivity index (χ0v) is 13.8. The Bertz CT molecular complexity index is 676. The van der Waals surface area contributed by atoms with Gasteiger partial charge in [0.25, 0.3) is 0 Å². The monoisotopic (exact) mass is 363 g/mol. The first-order chi connectivity index (χ1) is 8.92. The highest BCUT2D eigenvalue weighted by Gasteiger charge is 2.17. The molecule has 2 rings (SSSR count). The smallest absolute Gasteiger partial charge is 0.250 e. The number of nitrogens with zero attached hydrogens (tertiary/aromatic N) is 2. The van der Waals surface area contributed by atoms with Crippen molar-refractivity contribution < 1.29 is 8.42 Å². The van der Waals surface area contributed by atoms with Crippen LogP contribution in [-0.4, -0.2) is 18.2 Å². The highest BCUT2D eigenvalue weighted by atomic mass is 79.9. The summed E-state index contributed by atoms with van der Waals surface area (Å²) in [5.41, 5.74) is 1.82. The predicted octanol–water partition coefficient (Wildman–Crippen LogP) is 2.29. The van der Waals surface area contributed by atoms with Gasteiger partial charge in [-0.15, -0.1) is 11.3 Å². The number of sulfonamides is 1.